The summed E-state index contributed by atoms with van der Waals surface area (Å²) in [5.74, 6) is -0.182. The van der Waals surface area contributed by atoms with E-state index in [1.165, 1.54) is 0 Å². The lowest BCUT2D eigenvalue weighted by Gasteiger charge is -2.33. The highest BCUT2D eigenvalue weighted by molar-refractivity contribution is 6.04. The molecular formula is C13H22O3. The van der Waals surface area contributed by atoms with E-state index in [0.717, 1.165) is 25.7 Å². The Morgan fingerprint density at radius 2 is 2.12 bits per heavy atom. The first-order valence-corrected chi connectivity index (χ1v) is 6.38. The molecule has 1 unspecified atom stereocenters. The maximum absolute atomic E-state index is 12.0. The molecule has 1 fully saturated rings. The van der Waals surface area contributed by atoms with Gasteiger partial charge in [0.25, 0.3) is 0 Å². The van der Waals surface area contributed by atoms with Crippen LogP contribution in [0.4, 0.5) is 0 Å². The summed E-state index contributed by atoms with van der Waals surface area (Å²) in [7, 11) is 0. The molecule has 0 saturated heterocycles. The van der Waals surface area contributed by atoms with Crippen LogP contribution in [0.25, 0.3) is 0 Å². The molecule has 1 aliphatic rings. The van der Waals surface area contributed by atoms with Crippen molar-refractivity contribution in [2.24, 2.45) is 5.41 Å². The highest BCUT2D eigenvalue weighted by Crippen LogP contribution is 2.39. The van der Waals surface area contributed by atoms with Crippen LogP contribution < -0.4 is 0 Å². The Morgan fingerprint density at radius 3 is 2.69 bits per heavy atom. The summed E-state index contributed by atoms with van der Waals surface area (Å²) in [6.45, 7) is 4.23. The summed E-state index contributed by atoms with van der Waals surface area (Å²) in [5, 5.41) is 0. The number of hydrogen-bond acceptors (Lipinski definition) is 3. The van der Waals surface area contributed by atoms with Crippen LogP contribution >= 0.6 is 0 Å². The first kappa shape index (κ1) is 13.2. The van der Waals surface area contributed by atoms with E-state index in [2.05, 4.69) is 6.92 Å². The van der Waals surface area contributed by atoms with Crippen LogP contribution in [0.3, 0.4) is 0 Å². The van der Waals surface area contributed by atoms with Crippen LogP contribution in [0.1, 0.15) is 58.8 Å². The van der Waals surface area contributed by atoms with Gasteiger partial charge < -0.3 is 4.74 Å². The monoisotopic (exact) mass is 226 g/mol. The van der Waals surface area contributed by atoms with Gasteiger partial charge in [0, 0.05) is 6.42 Å². The molecule has 0 radical (unpaired) electrons. The van der Waals surface area contributed by atoms with Crippen molar-refractivity contribution in [3.63, 3.8) is 0 Å². The highest BCUT2D eigenvalue weighted by atomic mass is 16.5. The fourth-order valence-corrected chi connectivity index (χ4v) is 2.42. The zero-order valence-corrected chi connectivity index (χ0v) is 10.4. The van der Waals surface area contributed by atoms with Gasteiger partial charge in [0.05, 0.1) is 6.61 Å². The number of ether oxygens (including phenoxy) is 1. The minimum absolute atomic E-state index is 0.102. The van der Waals surface area contributed by atoms with Gasteiger partial charge in [-0.25, -0.2) is 0 Å². The Hall–Kier alpha value is -0.860. The minimum Gasteiger partial charge on any atom is -0.465 e. The predicted octanol–water partition coefficient (Wildman–Crippen LogP) is 2.87. The fraction of sp³-hybridized carbons (Fsp3) is 0.846. The lowest BCUT2D eigenvalue weighted by molar-refractivity contribution is -0.163. The zero-order chi connectivity index (χ0) is 12.0. The summed E-state index contributed by atoms with van der Waals surface area (Å²) in [4.78, 5) is 24.0. The molecule has 1 saturated carbocycles. The molecule has 0 bridgehead atoms. The normalized spacial score (nSPS) is 25.5. The summed E-state index contributed by atoms with van der Waals surface area (Å²) < 4.78 is 5.09. The third-order valence-corrected chi connectivity index (χ3v) is 3.41. The summed E-state index contributed by atoms with van der Waals surface area (Å²) in [6, 6.07) is 0. The van der Waals surface area contributed by atoms with Crippen molar-refractivity contribution in [3.05, 3.63) is 0 Å². The molecule has 0 aromatic rings. The Bertz CT molecular complexity index is 260. The molecule has 0 amide bonds. The summed E-state index contributed by atoms with van der Waals surface area (Å²) in [5.41, 5.74) is -0.801. The minimum atomic E-state index is -0.801. The van der Waals surface area contributed by atoms with Gasteiger partial charge in [-0.3, -0.25) is 9.59 Å². The van der Waals surface area contributed by atoms with Crippen LogP contribution in [-0.4, -0.2) is 18.4 Å². The third kappa shape index (κ3) is 2.63. The molecule has 1 atom stereocenters. The number of carbonyl (C=O) groups is 2. The number of unbranched alkanes of at least 4 members (excludes halogenated alkanes) is 1. The Labute approximate surface area is 97.5 Å². The number of Topliss-reactive ketones (excluding diaryl/α,β-unsaturated/α-hetero) is 1. The van der Waals surface area contributed by atoms with Crippen molar-refractivity contribution in [1.29, 1.82) is 0 Å². The molecule has 3 nitrogen and oxygen atoms in total. The van der Waals surface area contributed by atoms with E-state index >= 15 is 0 Å². The van der Waals surface area contributed by atoms with Gasteiger partial charge in [-0.1, -0.05) is 26.2 Å². The molecule has 1 aliphatic carbocycles. The Morgan fingerprint density at radius 1 is 1.38 bits per heavy atom. The molecular weight excluding hydrogens is 204 g/mol. The molecule has 0 spiro atoms. The van der Waals surface area contributed by atoms with Crippen LogP contribution in [-0.2, 0) is 14.3 Å². The second-order valence-corrected chi connectivity index (χ2v) is 4.54. The standard InChI is InChI=1S/C13H22O3/c1-3-5-9-13(12(15)16-4-2)10-7-6-8-11(13)14/h3-10H2,1-2H3. The van der Waals surface area contributed by atoms with E-state index in [4.69, 9.17) is 4.74 Å². The molecule has 0 aliphatic heterocycles. The molecule has 0 aromatic heterocycles. The van der Waals surface area contributed by atoms with Crippen molar-refractivity contribution in [1.82, 2.24) is 0 Å². The van der Waals surface area contributed by atoms with Crippen LogP contribution in [0, 0.1) is 5.41 Å². The lowest BCUT2D eigenvalue weighted by atomic mass is 9.70. The van der Waals surface area contributed by atoms with Gasteiger partial charge in [-0.05, 0) is 26.2 Å². The van der Waals surface area contributed by atoms with Crippen molar-refractivity contribution in [3.8, 4) is 0 Å². The molecule has 0 aromatic carbocycles. The molecule has 3 heteroatoms. The third-order valence-electron chi connectivity index (χ3n) is 3.41. The van der Waals surface area contributed by atoms with Crippen molar-refractivity contribution < 1.29 is 14.3 Å². The van der Waals surface area contributed by atoms with Gasteiger partial charge in [0.2, 0.25) is 0 Å². The van der Waals surface area contributed by atoms with E-state index in [0.29, 0.717) is 25.9 Å². The Balaban J connectivity index is 2.81. The maximum Gasteiger partial charge on any atom is 0.319 e. The van der Waals surface area contributed by atoms with Crippen molar-refractivity contribution >= 4 is 11.8 Å². The zero-order valence-electron chi connectivity index (χ0n) is 10.4. The number of ketones is 1. The summed E-state index contributed by atoms with van der Waals surface area (Å²) >= 11 is 0. The van der Waals surface area contributed by atoms with E-state index in [-0.39, 0.29) is 11.8 Å². The van der Waals surface area contributed by atoms with Crippen LogP contribution in [0.15, 0.2) is 0 Å². The SMILES string of the molecule is CCCCC1(C(=O)OCC)CCCCC1=O. The van der Waals surface area contributed by atoms with E-state index in [1.54, 1.807) is 6.92 Å². The molecule has 16 heavy (non-hydrogen) atoms. The van der Waals surface area contributed by atoms with Crippen LogP contribution in [0.2, 0.25) is 0 Å². The van der Waals surface area contributed by atoms with Gasteiger partial charge in [-0.15, -0.1) is 0 Å². The molecule has 92 valence electrons. The van der Waals surface area contributed by atoms with Gasteiger partial charge in [0.1, 0.15) is 11.2 Å². The second kappa shape index (κ2) is 6.02. The second-order valence-electron chi connectivity index (χ2n) is 4.54. The first-order valence-electron chi connectivity index (χ1n) is 6.38. The number of carbonyl (C=O) groups excluding carboxylic acids is 2. The first-order chi connectivity index (χ1) is 7.67. The maximum atomic E-state index is 12.0. The lowest BCUT2D eigenvalue weighted by Crippen LogP contribution is -2.42. The molecule has 1 rings (SSSR count). The van der Waals surface area contributed by atoms with E-state index < -0.39 is 5.41 Å². The van der Waals surface area contributed by atoms with E-state index in [9.17, 15) is 9.59 Å². The fourth-order valence-electron chi connectivity index (χ4n) is 2.42. The van der Waals surface area contributed by atoms with Gasteiger partial charge in [-0.2, -0.15) is 0 Å². The smallest absolute Gasteiger partial charge is 0.319 e. The average molecular weight is 226 g/mol. The quantitative estimate of drug-likeness (QED) is 0.535. The Kier molecular flexibility index (Phi) is 4.97. The molecule has 0 N–H and O–H groups in total. The number of esters is 1. The topological polar surface area (TPSA) is 43.4 Å². The van der Waals surface area contributed by atoms with Gasteiger partial charge >= 0.3 is 5.97 Å². The van der Waals surface area contributed by atoms with Crippen molar-refractivity contribution in [2.45, 2.75) is 58.8 Å². The van der Waals surface area contributed by atoms with E-state index in [1.807, 2.05) is 0 Å². The number of hydrogen-bond donors (Lipinski definition) is 0. The molecule has 0 heterocycles. The number of rotatable bonds is 5. The average Bonchev–Trinajstić information content (AvgIpc) is 2.28. The largest absolute Gasteiger partial charge is 0.465 e. The summed E-state index contributed by atoms with van der Waals surface area (Å²) in [6.07, 6.45) is 5.72. The predicted molar refractivity (Wildman–Crippen MR) is 62.1 cm³/mol. The van der Waals surface area contributed by atoms with Gasteiger partial charge in [0.15, 0.2) is 0 Å². The van der Waals surface area contributed by atoms with Crippen LogP contribution in [0.5, 0.6) is 0 Å². The highest BCUT2D eigenvalue weighted by Gasteiger charge is 2.46. The van der Waals surface area contributed by atoms with Crippen molar-refractivity contribution in [2.75, 3.05) is 6.61 Å².